The van der Waals surface area contributed by atoms with Crippen LogP contribution < -0.4 is 5.32 Å². The molecule has 17 heavy (non-hydrogen) atoms. The lowest BCUT2D eigenvalue weighted by atomic mass is 10.1. The van der Waals surface area contributed by atoms with Crippen LogP contribution >= 0.6 is 11.5 Å². The minimum Gasteiger partial charge on any atom is -0.381 e. The Bertz CT molecular complexity index is 326. The van der Waals surface area contributed by atoms with E-state index in [2.05, 4.69) is 14.7 Å². The molecule has 0 aliphatic carbocycles. The van der Waals surface area contributed by atoms with Crippen molar-refractivity contribution in [1.29, 1.82) is 0 Å². The number of hydrogen-bond donors (Lipinski definition) is 1. The van der Waals surface area contributed by atoms with Gasteiger partial charge in [0.15, 0.2) is 0 Å². The maximum atomic E-state index is 5.77. The third kappa shape index (κ3) is 4.57. The predicted octanol–water partition coefficient (Wildman–Crippen LogP) is 1.84. The topological polar surface area (TPSA) is 56.3 Å². The van der Waals surface area contributed by atoms with Gasteiger partial charge in [-0.3, -0.25) is 0 Å². The van der Waals surface area contributed by atoms with Gasteiger partial charge in [0, 0.05) is 37.9 Å². The van der Waals surface area contributed by atoms with Gasteiger partial charge in [-0.15, -0.1) is 0 Å². The highest BCUT2D eigenvalue weighted by atomic mass is 32.1. The minimum atomic E-state index is 0.396. The average Bonchev–Trinajstić information content (AvgIpc) is 2.76. The van der Waals surface area contributed by atoms with Crippen LogP contribution in [-0.2, 0) is 9.47 Å². The van der Waals surface area contributed by atoms with Gasteiger partial charge in [0.05, 0.1) is 6.10 Å². The Morgan fingerprint density at radius 2 is 2.29 bits per heavy atom. The van der Waals surface area contributed by atoms with Crippen molar-refractivity contribution in [2.24, 2.45) is 0 Å². The van der Waals surface area contributed by atoms with Gasteiger partial charge in [-0.05, 0) is 26.2 Å². The van der Waals surface area contributed by atoms with Crippen molar-refractivity contribution in [1.82, 2.24) is 9.36 Å². The van der Waals surface area contributed by atoms with Crippen molar-refractivity contribution in [3.63, 3.8) is 0 Å². The number of rotatable bonds is 6. The molecule has 0 aromatic carbocycles. The second-order valence-electron chi connectivity index (χ2n) is 4.11. The first kappa shape index (κ1) is 12.7. The number of anilines is 1. The number of aromatic nitrogens is 2. The normalized spacial score (nSPS) is 17.2. The summed E-state index contributed by atoms with van der Waals surface area (Å²) in [6, 6.07) is 0. The van der Waals surface area contributed by atoms with Crippen molar-refractivity contribution in [2.75, 3.05) is 31.7 Å². The zero-order chi connectivity index (χ0) is 11.9. The predicted molar refractivity (Wildman–Crippen MR) is 67.5 cm³/mol. The zero-order valence-corrected chi connectivity index (χ0v) is 11.0. The average molecular weight is 257 g/mol. The van der Waals surface area contributed by atoms with Crippen molar-refractivity contribution < 1.29 is 9.47 Å². The number of hydrogen-bond acceptors (Lipinski definition) is 6. The van der Waals surface area contributed by atoms with Gasteiger partial charge in [-0.25, -0.2) is 4.98 Å². The summed E-state index contributed by atoms with van der Waals surface area (Å²) >= 11 is 1.41. The molecule has 0 unspecified atom stereocenters. The van der Waals surface area contributed by atoms with E-state index in [1.807, 2.05) is 6.92 Å². The van der Waals surface area contributed by atoms with Crippen LogP contribution in [-0.4, -0.2) is 41.8 Å². The third-order valence-corrected chi connectivity index (χ3v) is 3.41. The molecule has 0 amide bonds. The molecule has 0 radical (unpaired) electrons. The van der Waals surface area contributed by atoms with E-state index >= 15 is 0 Å². The monoisotopic (exact) mass is 257 g/mol. The van der Waals surface area contributed by atoms with Crippen LogP contribution in [0.2, 0.25) is 0 Å². The molecule has 1 N–H and O–H groups in total. The maximum Gasteiger partial charge on any atom is 0.202 e. The molecular formula is C11H19N3O2S. The Morgan fingerprint density at radius 3 is 3.00 bits per heavy atom. The van der Waals surface area contributed by atoms with E-state index in [9.17, 15) is 0 Å². The molecule has 1 aliphatic rings. The quantitative estimate of drug-likeness (QED) is 0.788. The minimum absolute atomic E-state index is 0.396. The van der Waals surface area contributed by atoms with Crippen LogP contribution in [0.25, 0.3) is 0 Å². The molecule has 0 saturated carbocycles. The van der Waals surface area contributed by atoms with Gasteiger partial charge in [-0.1, -0.05) is 0 Å². The molecule has 2 rings (SSSR count). The Morgan fingerprint density at radius 1 is 1.47 bits per heavy atom. The molecule has 96 valence electrons. The van der Waals surface area contributed by atoms with E-state index in [0.717, 1.165) is 56.6 Å². The third-order valence-electron chi connectivity index (χ3n) is 2.65. The van der Waals surface area contributed by atoms with E-state index in [0.29, 0.717) is 6.10 Å². The fraction of sp³-hybridized carbons (Fsp3) is 0.818. The molecule has 6 heteroatoms. The first-order valence-corrected chi connectivity index (χ1v) is 6.85. The zero-order valence-electron chi connectivity index (χ0n) is 10.1. The second kappa shape index (κ2) is 6.88. The highest BCUT2D eigenvalue weighted by Gasteiger charge is 2.13. The van der Waals surface area contributed by atoms with E-state index in [1.165, 1.54) is 11.5 Å². The Balaban J connectivity index is 1.51. The molecule has 1 aromatic rings. The van der Waals surface area contributed by atoms with E-state index < -0.39 is 0 Å². The fourth-order valence-corrected chi connectivity index (χ4v) is 2.33. The summed E-state index contributed by atoms with van der Waals surface area (Å²) in [5, 5.41) is 4.14. The Kier molecular flexibility index (Phi) is 5.15. The molecule has 0 bridgehead atoms. The number of ether oxygens (including phenoxy) is 2. The van der Waals surface area contributed by atoms with E-state index in [1.54, 1.807) is 0 Å². The molecule has 0 atom stereocenters. The van der Waals surface area contributed by atoms with Crippen LogP contribution in [0.1, 0.15) is 25.1 Å². The van der Waals surface area contributed by atoms with Crippen LogP contribution in [0.15, 0.2) is 0 Å². The van der Waals surface area contributed by atoms with E-state index in [-0.39, 0.29) is 0 Å². The van der Waals surface area contributed by atoms with Crippen molar-refractivity contribution in [3.8, 4) is 0 Å². The summed E-state index contributed by atoms with van der Waals surface area (Å²) in [7, 11) is 0. The fourth-order valence-electron chi connectivity index (χ4n) is 1.73. The van der Waals surface area contributed by atoms with Crippen LogP contribution in [0.4, 0.5) is 5.13 Å². The Hall–Kier alpha value is -0.720. The molecular weight excluding hydrogens is 238 g/mol. The van der Waals surface area contributed by atoms with Gasteiger partial charge in [-0.2, -0.15) is 4.37 Å². The van der Waals surface area contributed by atoms with Crippen molar-refractivity contribution >= 4 is 16.7 Å². The molecule has 1 fully saturated rings. The largest absolute Gasteiger partial charge is 0.381 e. The first-order valence-electron chi connectivity index (χ1n) is 6.08. The van der Waals surface area contributed by atoms with E-state index in [4.69, 9.17) is 9.47 Å². The number of aryl methyl sites for hydroxylation is 1. The van der Waals surface area contributed by atoms with Crippen LogP contribution in [0, 0.1) is 6.92 Å². The lowest BCUT2D eigenvalue weighted by Gasteiger charge is -2.22. The van der Waals surface area contributed by atoms with Gasteiger partial charge in [0.1, 0.15) is 5.82 Å². The van der Waals surface area contributed by atoms with Crippen LogP contribution in [0.3, 0.4) is 0 Å². The van der Waals surface area contributed by atoms with Gasteiger partial charge in [0.25, 0.3) is 0 Å². The van der Waals surface area contributed by atoms with Gasteiger partial charge < -0.3 is 14.8 Å². The van der Waals surface area contributed by atoms with Crippen molar-refractivity contribution in [3.05, 3.63) is 5.82 Å². The smallest absolute Gasteiger partial charge is 0.202 e. The summed E-state index contributed by atoms with van der Waals surface area (Å²) in [6.45, 7) is 5.27. The highest BCUT2D eigenvalue weighted by molar-refractivity contribution is 7.09. The first-order chi connectivity index (χ1) is 8.34. The summed E-state index contributed by atoms with van der Waals surface area (Å²) in [5.41, 5.74) is 0. The summed E-state index contributed by atoms with van der Waals surface area (Å²) < 4.78 is 15.2. The second-order valence-corrected chi connectivity index (χ2v) is 4.86. The Labute approximate surface area is 106 Å². The number of nitrogens with one attached hydrogen (secondary N) is 1. The molecule has 2 heterocycles. The molecule has 1 saturated heterocycles. The summed E-state index contributed by atoms with van der Waals surface area (Å²) in [6.07, 6.45) is 3.45. The molecule has 0 spiro atoms. The lowest BCUT2D eigenvalue weighted by molar-refractivity contribution is -0.0316. The molecule has 5 nitrogen and oxygen atoms in total. The molecule has 1 aromatic heterocycles. The lowest BCUT2D eigenvalue weighted by Crippen LogP contribution is -2.24. The van der Waals surface area contributed by atoms with Gasteiger partial charge in [0.2, 0.25) is 5.13 Å². The summed E-state index contributed by atoms with van der Waals surface area (Å²) in [5.74, 6) is 0.830. The highest BCUT2D eigenvalue weighted by Crippen LogP contribution is 2.12. The maximum absolute atomic E-state index is 5.77. The number of nitrogens with zero attached hydrogens (tertiary/aromatic N) is 2. The van der Waals surface area contributed by atoms with Crippen LogP contribution in [0.5, 0.6) is 0 Å². The SMILES string of the molecule is Cc1nsc(NCCCOC2CCOCC2)n1. The summed E-state index contributed by atoms with van der Waals surface area (Å²) in [4.78, 5) is 4.24. The van der Waals surface area contributed by atoms with Crippen molar-refractivity contribution in [2.45, 2.75) is 32.3 Å². The standard InChI is InChI=1S/C11H19N3O2S/c1-9-13-11(17-14-9)12-5-2-6-16-10-3-7-15-8-4-10/h10H,2-8H2,1H3,(H,12,13,14). The molecule has 1 aliphatic heterocycles. The van der Waals surface area contributed by atoms with Gasteiger partial charge >= 0.3 is 0 Å².